The van der Waals surface area contributed by atoms with Crippen LogP contribution in [0.4, 0.5) is 0 Å². The summed E-state index contributed by atoms with van der Waals surface area (Å²) in [6, 6.07) is 15.0. The van der Waals surface area contributed by atoms with E-state index >= 15 is 0 Å². The third kappa shape index (κ3) is 3.53. The van der Waals surface area contributed by atoms with Gasteiger partial charge in [-0.2, -0.15) is 0 Å². The third-order valence-electron chi connectivity index (χ3n) is 4.30. The number of benzene rings is 2. The number of nitrogens with one attached hydrogen (secondary N) is 2. The number of nitrogens with zero attached hydrogens (tertiary/aromatic N) is 1. The summed E-state index contributed by atoms with van der Waals surface area (Å²) in [5.74, 6) is 0.0355. The number of aromatic nitrogens is 2. The van der Waals surface area contributed by atoms with Crippen LogP contribution in [0, 0.1) is 4.77 Å². The van der Waals surface area contributed by atoms with E-state index in [-0.39, 0.29) is 17.4 Å². The zero-order valence-corrected chi connectivity index (χ0v) is 14.9. The fraction of sp³-hybridized carbons (Fsp3) is 0.211. The Morgan fingerprint density at radius 1 is 1.24 bits per heavy atom. The monoisotopic (exact) mass is 353 g/mol. The lowest BCUT2D eigenvalue weighted by molar-refractivity contribution is 0.0952. The van der Waals surface area contributed by atoms with Gasteiger partial charge in [0.05, 0.1) is 10.9 Å². The van der Waals surface area contributed by atoms with E-state index in [1.807, 2.05) is 30.3 Å². The second kappa shape index (κ2) is 7.03. The Hall–Kier alpha value is -2.73. The van der Waals surface area contributed by atoms with Gasteiger partial charge in [-0.25, -0.2) is 0 Å². The first-order valence-corrected chi connectivity index (χ1v) is 8.44. The van der Waals surface area contributed by atoms with Crippen LogP contribution in [-0.4, -0.2) is 22.0 Å². The molecule has 0 radical (unpaired) electrons. The van der Waals surface area contributed by atoms with Crippen molar-refractivity contribution >= 4 is 29.0 Å². The maximum absolute atomic E-state index is 12.4. The van der Waals surface area contributed by atoms with Gasteiger partial charge in [0.1, 0.15) is 0 Å². The summed E-state index contributed by atoms with van der Waals surface area (Å²) < 4.78 is 1.70. The number of carbonyl (C=O) groups is 1. The molecule has 25 heavy (non-hydrogen) atoms. The first kappa shape index (κ1) is 17.1. The molecule has 1 amide bonds. The lowest BCUT2D eigenvalue weighted by Gasteiger charge is -2.13. The van der Waals surface area contributed by atoms with Crippen LogP contribution in [0.1, 0.15) is 28.8 Å². The SMILES string of the molecule is C[C@H](CNC(=O)c1ccc2c(=O)n(C)c(=S)[nH]c2c1)c1ccccc1. The van der Waals surface area contributed by atoms with Gasteiger partial charge in [-0.15, -0.1) is 0 Å². The van der Waals surface area contributed by atoms with Gasteiger partial charge in [0, 0.05) is 19.2 Å². The quantitative estimate of drug-likeness (QED) is 0.708. The smallest absolute Gasteiger partial charge is 0.261 e. The minimum Gasteiger partial charge on any atom is -0.351 e. The number of hydrogen-bond donors (Lipinski definition) is 2. The van der Waals surface area contributed by atoms with Crippen molar-refractivity contribution in [2.24, 2.45) is 7.05 Å². The molecule has 0 bridgehead atoms. The highest BCUT2D eigenvalue weighted by molar-refractivity contribution is 7.71. The van der Waals surface area contributed by atoms with Crippen molar-refractivity contribution in [1.82, 2.24) is 14.9 Å². The maximum Gasteiger partial charge on any atom is 0.261 e. The molecule has 0 aliphatic rings. The first-order chi connectivity index (χ1) is 12.0. The first-order valence-electron chi connectivity index (χ1n) is 8.03. The van der Waals surface area contributed by atoms with Gasteiger partial charge in [-0.1, -0.05) is 37.3 Å². The molecule has 2 N–H and O–H groups in total. The Morgan fingerprint density at radius 3 is 2.68 bits per heavy atom. The molecular weight excluding hydrogens is 334 g/mol. The van der Waals surface area contributed by atoms with Gasteiger partial charge in [0.25, 0.3) is 11.5 Å². The minimum atomic E-state index is -0.177. The molecule has 0 fully saturated rings. The molecule has 0 saturated heterocycles. The normalized spacial score (nSPS) is 12.1. The standard InChI is InChI=1S/C19H19N3O2S/c1-12(13-6-4-3-5-7-13)11-20-17(23)14-8-9-15-16(10-14)21-19(25)22(2)18(15)24/h3-10,12H,11H2,1-2H3,(H,20,23)(H,21,25)/t12-/m1/s1. The summed E-state index contributed by atoms with van der Waals surface area (Å²) in [6.45, 7) is 2.60. The van der Waals surface area contributed by atoms with Gasteiger partial charge in [0.2, 0.25) is 0 Å². The van der Waals surface area contributed by atoms with E-state index in [0.29, 0.717) is 27.8 Å². The van der Waals surface area contributed by atoms with Gasteiger partial charge in [-0.3, -0.25) is 14.2 Å². The summed E-state index contributed by atoms with van der Waals surface area (Å²) >= 11 is 5.12. The van der Waals surface area contributed by atoms with E-state index in [2.05, 4.69) is 17.2 Å². The van der Waals surface area contributed by atoms with Crippen molar-refractivity contribution in [3.63, 3.8) is 0 Å². The molecule has 3 rings (SSSR count). The van der Waals surface area contributed by atoms with Crippen molar-refractivity contribution in [1.29, 1.82) is 0 Å². The summed E-state index contributed by atoms with van der Waals surface area (Å²) in [7, 11) is 1.62. The van der Waals surface area contributed by atoms with E-state index in [9.17, 15) is 9.59 Å². The van der Waals surface area contributed by atoms with Crippen LogP contribution >= 0.6 is 12.2 Å². The molecule has 0 aliphatic carbocycles. The molecule has 6 heteroatoms. The van der Waals surface area contributed by atoms with Crippen molar-refractivity contribution in [2.45, 2.75) is 12.8 Å². The Morgan fingerprint density at radius 2 is 1.96 bits per heavy atom. The van der Waals surface area contributed by atoms with Gasteiger partial charge >= 0.3 is 0 Å². The lowest BCUT2D eigenvalue weighted by Crippen LogP contribution is -2.27. The molecule has 0 unspecified atom stereocenters. The molecule has 3 aromatic rings. The Bertz CT molecular complexity index is 1040. The second-order valence-electron chi connectivity index (χ2n) is 6.08. The molecule has 0 aliphatic heterocycles. The third-order valence-corrected chi connectivity index (χ3v) is 4.68. The highest BCUT2D eigenvalue weighted by atomic mass is 32.1. The average Bonchev–Trinajstić information content (AvgIpc) is 2.64. The van der Waals surface area contributed by atoms with E-state index in [4.69, 9.17) is 12.2 Å². The molecule has 1 atom stereocenters. The van der Waals surface area contributed by atoms with E-state index in [1.165, 1.54) is 10.1 Å². The Labute approximate surface area is 150 Å². The summed E-state index contributed by atoms with van der Waals surface area (Å²) in [5.41, 5.74) is 2.06. The maximum atomic E-state index is 12.4. The second-order valence-corrected chi connectivity index (χ2v) is 6.46. The number of amides is 1. The number of fused-ring (bicyclic) bond motifs is 1. The molecule has 128 valence electrons. The zero-order chi connectivity index (χ0) is 18.0. The lowest BCUT2D eigenvalue weighted by atomic mass is 10.0. The minimum absolute atomic E-state index is 0.176. The predicted molar refractivity (Wildman–Crippen MR) is 102 cm³/mol. The highest BCUT2D eigenvalue weighted by Crippen LogP contribution is 2.14. The van der Waals surface area contributed by atoms with E-state index < -0.39 is 0 Å². The van der Waals surface area contributed by atoms with Crippen molar-refractivity contribution in [2.75, 3.05) is 6.54 Å². The van der Waals surface area contributed by atoms with Crippen molar-refractivity contribution < 1.29 is 4.79 Å². The van der Waals surface area contributed by atoms with Crippen molar-refractivity contribution in [3.05, 3.63) is 74.8 Å². The van der Waals surface area contributed by atoms with Gasteiger partial charge in [-0.05, 0) is 41.9 Å². The Balaban J connectivity index is 1.80. The molecule has 1 heterocycles. The molecule has 1 aromatic heterocycles. The zero-order valence-electron chi connectivity index (χ0n) is 14.1. The number of hydrogen-bond acceptors (Lipinski definition) is 3. The molecule has 5 nitrogen and oxygen atoms in total. The number of H-pyrrole nitrogens is 1. The predicted octanol–water partition coefficient (Wildman–Crippen LogP) is 3.13. The number of aromatic amines is 1. The summed E-state index contributed by atoms with van der Waals surface area (Å²) in [4.78, 5) is 27.6. The van der Waals surface area contributed by atoms with Crippen LogP contribution < -0.4 is 10.9 Å². The van der Waals surface area contributed by atoms with Gasteiger partial charge < -0.3 is 10.3 Å². The molecule has 0 saturated carbocycles. The molecular formula is C19H19N3O2S. The van der Waals surface area contributed by atoms with Crippen LogP contribution in [0.5, 0.6) is 0 Å². The summed E-state index contributed by atoms with van der Waals surface area (Å²) in [6.07, 6.45) is 0. The number of rotatable bonds is 4. The van der Waals surface area contributed by atoms with Crippen LogP contribution in [0.3, 0.4) is 0 Å². The topological polar surface area (TPSA) is 66.9 Å². The van der Waals surface area contributed by atoms with E-state index in [1.54, 1.807) is 25.2 Å². The Kier molecular flexibility index (Phi) is 4.81. The van der Waals surface area contributed by atoms with E-state index in [0.717, 1.165) is 0 Å². The average molecular weight is 353 g/mol. The van der Waals surface area contributed by atoms with Crippen LogP contribution in [-0.2, 0) is 7.05 Å². The largest absolute Gasteiger partial charge is 0.351 e. The van der Waals surface area contributed by atoms with Crippen LogP contribution in [0.2, 0.25) is 0 Å². The summed E-state index contributed by atoms with van der Waals surface area (Å²) in [5, 5.41) is 3.45. The van der Waals surface area contributed by atoms with Crippen molar-refractivity contribution in [3.8, 4) is 0 Å². The highest BCUT2D eigenvalue weighted by Gasteiger charge is 2.11. The molecule has 0 spiro atoms. The van der Waals surface area contributed by atoms with Crippen LogP contribution in [0.15, 0.2) is 53.3 Å². The molecule has 2 aromatic carbocycles. The fourth-order valence-corrected chi connectivity index (χ4v) is 2.89. The van der Waals surface area contributed by atoms with Crippen LogP contribution in [0.25, 0.3) is 10.9 Å². The van der Waals surface area contributed by atoms with Gasteiger partial charge in [0.15, 0.2) is 4.77 Å². The number of carbonyl (C=O) groups excluding carboxylic acids is 1. The fourth-order valence-electron chi connectivity index (χ4n) is 2.69.